The highest BCUT2D eigenvalue weighted by Crippen LogP contribution is 2.32. The van der Waals surface area contributed by atoms with E-state index in [9.17, 15) is 9.59 Å². The van der Waals surface area contributed by atoms with E-state index in [1.807, 2.05) is 79.7 Å². The van der Waals surface area contributed by atoms with Crippen molar-refractivity contribution >= 4 is 17.5 Å². The van der Waals surface area contributed by atoms with E-state index < -0.39 is 0 Å². The van der Waals surface area contributed by atoms with E-state index in [1.165, 1.54) is 5.56 Å². The lowest BCUT2D eigenvalue weighted by Gasteiger charge is -2.29. The van der Waals surface area contributed by atoms with E-state index in [2.05, 4.69) is 20.9 Å². The average Bonchev–Trinajstić information content (AvgIpc) is 3.31. The van der Waals surface area contributed by atoms with Crippen molar-refractivity contribution in [3.63, 3.8) is 0 Å². The summed E-state index contributed by atoms with van der Waals surface area (Å²) < 4.78 is 0. The molecule has 3 aromatic carbocycles. The van der Waals surface area contributed by atoms with Gasteiger partial charge in [-0.05, 0) is 72.9 Å². The smallest absolute Gasteiger partial charge is 0.251 e. The van der Waals surface area contributed by atoms with Gasteiger partial charge in [-0.25, -0.2) is 0 Å². The second-order valence-corrected chi connectivity index (χ2v) is 9.37. The van der Waals surface area contributed by atoms with Crippen LogP contribution in [0.4, 0.5) is 5.69 Å². The molecule has 5 rings (SSSR count). The largest absolute Gasteiger partial charge is 0.369 e. The van der Waals surface area contributed by atoms with Crippen LogP contribution in [0.5, 0.6) is 0 Å². The zero-order valence-electron chi connectivity index (χ0n) is 20.1. The van der Waals surface area contributed by atoms with Crippen molar-refractivity contribution < 1.29 is 9.59 Å². The van der Waals surface area contributed by atoms with Crippen molar-refractivity contribution in [2.75, 3.05) is 31.1 Å². The van der Waals surface area contributed by atoms with E-state index in [0.29, 0.717) is 11.1 Å². The molecule has 2 atom stereocenters. The molecule has 2 aliphatic rings. The maximum absolute atomic E-state index is 13.0. The van der Waals surface area contributed by atoms with E-state index in [1.54, 1.807) is 0 Å². The first kappa shape index (κ1) is 23.1. The highest BCUT2D eigenvalue weighted by atomic mass is 16.2. The summed E-state index contributed by atoms with van der Waals surface area (Å²) in [7, 11) is 0. The maximum Gasteiger partial charge on any atom is 0.251 e. The van der Waals surface area contributed by atoms with Crippen molar-refractivity contribution in [1.82, 2.24) is 16.0 Å². The summed E-state index contributed by atoms with van der Waals surface area (Å²) in [6.07, 6.45) is 1.73. The second-order valence-electron chi connectivity index (χ2n) is 9.37. The molecule has 2 unspecified atom stereocenters. The normalized spacial score (nSPS) is 18.0. The van der Waals surface area contributed by atoms with Gasteiger partial charge >= 0.3 is 0 Å². The van der Waals surface area contributed by atoms with Gasteiger partial charge in [-0.1, -0.05) is 36.4 Å². The third-order valence-corrected chi connectivity index (χ3v) is 7.05. The van der Waals surface area contributed by atoms with Crippen LogP contribution in [0.15, 0.2) is 72.8 Å². The van der Waals surface area contributed by atoms with Gasteiger partial charge in [0.25, 0.3) is 11.8 Å². The summed E-state index contributed by atoms with van der Waals surface area (Å²) in [4.78, 5) is 28.3. The summed E-state index contributed by atoms with van der Waals surface area (Å²) in [5.41, 5.74) is 5.72. The Morgan fingerprint density at radius 3 is 2.37 bits per heavy atom. The van der Waals surface area contributed by atoms with Gasteiger partial charge in [-0.15, -0.1) is 0 Å². The van der Waals surface area contributed by atoms with Crippen molar-refractivity contribution in [1.29, 1.82) is 0 Å². The molecule has 0 radical (unpaired) electrons. The van der Waals surface area contributed by atoms with Crippen LogP contribution >= 0.6 is 0 Å². The van der Waals surface area contributed by atoms with Gasteiger partial charge in [0.05, 0.1) is 12.1 Å². The van der Waals surface area contributed by atoms with E-state index in [4.69, 9.17) is 0 Å². The van der Waals surface area contributed by atoms with Crippen LogP contribution in [-0.2, 0) is 6.42 Å². The quantitative estimate of drug-likeness (QED) is 0.511. The number of carbonyl (C=O) groups excluding carboxylic acids is 2. The van der Waals surface area contributed by atoms with Crippen LogP contribution in [0.2, 0.25) is 0 Å². The molecular weight excluding hydrogens is 436 g/mol. The van der Waals surface area contributed by atoms with Crippen LogP contribution in [0.1, 0.15) is 62.8 Å². The molecule has 3 N–H and O–H groups in total. The third kappa shape index (κ3) is 5.23. The molecule has 6 nitrogen and oxygen atoms in total. The molecule has 1 aliphatic heterocycles. The molecule has 1 heterocycles. The lowest BCUT2D eigenvalue weighted by molar-refractivity contribution is 0.0932. The Morgan fingerprint density at radius 2 is 1.63 bits per heavy atom. The molecule has 35 heavy (non-hydrogen) atoms. The number of benzene rings is 3. The van der Waals surface area contributed by atoms with Gasteiger partial charge in [-0.2, -0.15) is 0 Å². The van der Waals surface area contributed by atoms with Crippen LogP contribution in [0.25, 0.3) is 0 Å². The number of piperazine rings is 1. The zero-order chi connectivity index (χ0) is 24.2. The van der Waals surface area contributed by atoms with Gasteiger partial charge in [0.1, 0.15) is 0 Å². The van der Waals surface area contributed by atoms with Crippen LogP contribution in [-0.4, -0.2) is 38.0 Å². The second kappa shape index (κ2) is 10.3. The first-order valence-corrected chi connectivity index (χ1v) is 12.4. The molecule has 2 amide bonds. The van der Waals surface area contributed by atoms with E-state index in [-0.39, 0.29) is 23.9 Å². The minimum Gasteiger partial charge on any atom is -0.369 e. The number of carbonyl (C=O) groups is 2. The van der Waals surface area contributed by atoms with E-state index in [0.717, 1.165) is 55.8 Å². The molecule has 0 aromatic heterocycles. The molecule has 0 bridgehead atoms. The summed E-state index contributed by atoms with van der Waals surface area (Å²) in [6.45, 7) is 5.90. The number of hydrogen-bond acceptors (Lipinski definition) is 4. The van der Waals surface area contributed by atoms with Gasteiger partial charge in [0.2, 0.25) is 0 Å². The van der Waals surface area contributed by atoms with Gasteiger partial charge in [0, 0.05) is 43.0 Å². The number of rotatable bonds is 6. The Hall–Kier alpha value is -3.64. The fraction of sp³-hybridized carbons (Fsp3) is 0.310. The van der Waals surface area contributed by atoms with Crippen molar-refractivity contribution in [2.45, 2.75) is 31.8 Å². The fourth-order valence-electron chi connectivity index (χ4n) is 4.99. The average molecular weight is 469 g/mol. The topological polar surface area (TPSA) is 73.5 Å². The highest BCUT2D eigenvalue weighted by molar-refractivity contribution is 5.96. The number of hydrogen-bond donors (Lipinski definition) is 3. The number of nitrogens with zero attached hydrogens (tertiary/aromatic N) is 1. The lowest BCUT2D eigenvalue weighted by Crippen LogP contribution is -2.43. The first-order chi connectivity index (χ1) is 17.1. The highest BCUT2D eigenvalue weighted by Gasteiger charge is 2.26. The molecule has 1 fully saturated rings. The zero-order valence-corrected chi connectivity index (χ0v) is 20.1. The van der Waals surface area contributed by atoms with Crippen LogP contribution in [0.3, 0.4) is 0 Å². The first-order valence-electron chi connectivity index (χ1n) is 12.4. The maximum atomic E-state index is 13.0. The minimum absolute atomic E-state index is 0.0812. The Bertz CT molecular complexity index is 1190. The summed E-state index contributed by atoms with van der Waals surface area (Å²) in [5.74, 6) is -0.188. The van der Waals surface area contributed by atoms with Crippen molar-refractivity contribution in [2.24, 2.45) is 0 Å². The molecule has 0 spiro atoms. The number of aryl methyl sites for hydroxylation is 1. The van der Waals surface area contributed by atoms with Crippen molar-refractivity contribution in [3.05, 3.63) is 101 Å². The predicted molar refractivity (Wildman–Crippen MR) is 139 cm³/mol. The molecule has 3 aromatic rings. The number of anilines is 1. The van der Waals surface area contributed by atoms with Crippen LogP contribution in [0, 0.1) is 0 Å². The Kier molecular flexibility index (Phi) is 6.82. The summed E-state index contributed by atoms with van der Waals surface area (Å²) in [6, 6.07) is 23.4. The monoisotopic (exact) mass is 468 g/mol. The van der Waals surface area contributed by atoms with Crippen LogP contribution < -0.4 is 20.9 Å². The minimum atomic E-state index is -0.107. The molecule has 1 saturated heterocycles. The lowest BCUT2D eigenvalue weighted by atomic mass is 10.0. The molecule has 0 saturated carbocycles. The third-order valence-electron chi connectivity index (χ3n) is 7.05. The van der Waals surface area contributed by atoms with Gasteiger partial charge < -0.3 is 20.9 Å². The Morgan fingerprint density at radius 1 is 0.914 bits per heavy atom. The number of nitrogens with one attached hydrogen (secondary N) is 3. The van der Waals surface area contributed by atoms with Crippen molar-refractivity contribution in [3.8, 4) is 0 Å². The van der Waals surface area contributed by atoms with Gasteiger partial charge in [-0.3, -0.25) is 9.59 Å². The summed E-state index contributed by atoms with van der Waals surface area (Å²) in [5, 5.41) is 9.63. The summed E-state index contributed by atoms with van der Waals surface area (Å²) >= 11 is 0. The van der Waals surface area contributed by atoms with Gasteiger partial charge in [0.15, 0.2) is 0 Å². The Labute approximate surface area is 206 Å². The molecular formula is C29H32N4O2. The fourth-order valence-corrected chi connectivity index (χ4v) is 4.99. The molecule has 180 valence electrons. The standard InChI is InChI=1S/C29H32N4O2/c1-20(21-5-3-2-4-6-21)31-29(35)24-8-7-22-11-14-27(26(22)19-24)32-28(34)23-9-12-25(13-10-23)33-17-15-30-16-18-33/h2-10,12-13,19-20,27,30H,11,14-18H2,1H3,(H,31,35)(H,32,34). The number of amides is 2. The SMILES string of the molecule is CC(NC(=O)c1ccc2c(c1)C(NC(=O)c1ccc(N3CCNCC3)cc1)CC2)c1ccccc1. The molecule has 1 aliphatic carbocycles. The molecule has 6 heteroatoms. The number of fused-ring (bicyclic) bond motifs is 1. The predicted octanol–water partition coefficient (Wildman–Crippen LogP) is 4.00. The van der Waals surface area contributed by atoms with E-state index >= 15 is 0 Å². The Balaban J connectivity index is 1.25.